The number of aromatic nitrogens is 1. The van der Waals surface area contributed by atoms with Crippen molar-refractivity contribution in [3.63, 3.8) is 0 Å². The predicted octanol–water partition coefficient (Wildman–Crippen LogP) is 1.72. The molecule has 0 aliphatic carbocycles. The molecule has 1 heterocycles. The molecule has 0 aliphatic rings. The molecule has 26 valence electrons. The van der Waals surface area contributed by atoms with Gasteiger partial charge in [-0.05, 0) is 17.3 Å². The summed E-state index contributed by atoms with van der Waals surface area (Å²) in [7, 11) is 1.10. The van der Waals surface area contributed by atoms with E-state index in [1.165, 1.54) is 11.5 Å². The molecule has 0 atom stereocenters. The fourth-order valence-corrected chi connectivity index (χ4v) is 1.22. The standard InChI is InChI=1S/C2H2NPS/c1-2-5-3-4-1/h1-2H. The highest BCUT2D eigenvalue weighted by Gasteiger charge is 1.61. The van der Waals surface area contributed by atoms with Crippen LogP contribution in [0.5, 0.6) is 0 Å². The number of nitrogens with zero attached hydrogens (tertiary/aromatic N) is 1. The maximum atomic E-state index is 3.86. The SMILES string of the molecule is c1csnp1. The van der Waals surface area contributed by atoms with Crippen LogP contribution in [0.3, 0.4) is 0 Å². The van der Waals surface area contributed by atoms with Gasteiger partial charge in [0.15, 0.2) is 0 Å². The van der Waals surface area contributed by atoms with Gasteiger partial charge in [-0.15, -0.1) is 0 Å². The Balaban J connectivity index is 3.13. The summed E-state index contributed by atoms with van der Waals surface area (Å²) in [6, 6.07) is 0. The third-order valence-corrected chi connectivity index (χ3v) is 1.78. The third-order valence-electron chi connectivity index (χ3n) is 0.283. The molecule has 0 saturated carbocycles. The first-order valence-corrected chi connectivity index (χ1v) is 2.96. The van der Waals surface area contributed by atoms with Crippen molar-refractivity contribution in [3.8, 4) is 0 Å². The smallest absolute Gasteiger partial charge is 0.0529 e. The molecule has 0 aliphatic heterocycles. The molecule has 0 spiro atoms. The number of hydrogen-bond acceptors (Lipinski definition) is 2. The highest BCUT2D eigenvalue weighted by molar-refractivity contribution is 7.31. The summed E-state index contributed by atoms with van der Waals surface area (Å²) in [6.45, 7) is 0. The molecule has 0 fully saturated rings. The lowest BCUT2D eigenvalue weighted by molar-refractivity contribution is 1.91. The van der Waals surface area contributed by atoms with Gasteiger partial charge in [-0.3, -0.25) is 0 Å². The van der Waals surface area contributed by atoms with Gasteiger partial charge in [0, 0.05) is 5.38 Å². The zero-order valence-electron chi connectivity index (χ0n) is 2.46. The van der Waals surface area contributed by atoms with E-state index in [9.17, 15) is 0 Å². The van der Waals surface area contributed by atoms with Gasteiger partial charge < -0.3 is 0 Å². The summed E-state index contributed by atoms with van der Waals surface area (Å²) >= 11 is 1.51. The molecule has 5 heavy (non-hydrogen) atoms. The van der Waals surface area contributed by atoms with Crippen LogP contribution in [0.2, 0.25) is 0 Å². The Morgan fingerprint density at radius 2 is 2.80 bits per heavy atom. The fraction of sp³-hybridized carbons (Fsp3) is 0. The number of rotatable bonds is 0. The predicted molar refractivity (Wildman–Crippen MR) is 24.6 cm³/mol. The van der Waals surface area contributed by atoms with Crippen molar-refractivity contribution in [2.75, 3.05) is 0 Å². The Labute approximate surface area is 36.0 Å². The zero-order valence-corrected chi connectivity index (χ0v) is 4.17. The van der Waals surface area contributed by atoms with Crippen LogP contribution in [0, 0.1) is 0 Å². The number of hydrogen-bond donors (Lipinski definition) is 0. The van der Waals surface area contributed by atoms with Crippen LogP contribution in [0.25, 0.3) is 0 Å². The maximum absolute atomic E-state index is 3.86. The van der Waals surface area contributed by atoms with Crippen LogP contribution in [-0.2, 0) is 0 Å². The van der Waals surface area contributed by atoms with Crippen LogP contribution < -0.4 is 0 Å². The van der Waals surface area contributed by atoms with Gasteiger partial charge in [0.1, 0.15) is 0 Å². The summed E-state index contributed by atoms with van der Waals surface area (Å²) in [5.41, 5.74) is 0. The van der Waals surface area contributed by atoms with E-state index in [1.54, 1.807) is 0 Å². The Morgan fingerprint density at radius 1 is 1.80 bits per heavy atom. The van der Waals surface area contributed by atoms with Crippen molar-refractivity contribution in [1.82, 2.24) is 4.14 Å². The van der Waals surface area contributed by atoms with Crippen molar-refractivity contribution >= 4 is 19.9 Å². The van der Waals surface area contributed by atoms with Crippen LogP contribution in [0.1, 0.15) is 0 Å². The van der Waals surface area contributed by atoms with Gasteiger partial charge in [0.2, 0.25) is 0 Å². The normalized spacial score (nSPS) is 9.60. The zero-order chi connectivity index (χ0) is 3.54. The molecule has 0 radical (unpaired) electrons. The molecule has 0 N–H and O–H groups in total. The largest absolute Gasteiger partial charge is 0.172 e. The first-order chi connectivity index (χ1) is 2.50. The minimum Gasteiger partial charge on any atom is -0.172 e. The molecule has 3 heteroatoms. The lowest BCUT2D eigenvalue weighted by Crippen LogP contribution is -1.17. The van der Waals surface area contributed by atoms with E-state index in [2.05, 4.69) is 4.14 Å². The van der Waals surface area contributed by atoms with Crippen molar-refractivity contribution < 1.29 is 0 Å². The van der Waals surface area contributed by atoms with E-state index < -0.39 is 0 Å². The van der Waals surface area contributed by atoms with E-state index in [0.717, 1.165) is 8.35 Å². The molecule has 0 unspecified atom stereocenters. The van der Waals surface area contributed by atoms with Gasteiger partial charge >= 0.3 is 0 Å². The second-order valence-electron chi connectivity index (χ2n) is 0.588. The fourth-order valence-electron chi connectivity index (χ4n) is 0.136. The lowest BCUT2D eigenvalue weighted by Gasteiger charge is -1.39. The summed E-state index contributed by atoms with van der Waals surface area (Å²) < 4.78 is 3.86. The highest BCUT2D eigenvalue weighted by Crippen LogP contribution is 1.99. The van der Waals surface area contributed by atoms with Crippen LogP contribution in [0.15, 0.2) is 11.2 Å². The van der Waals surface area contributed by atoms with Gasteiger partial charge in [0.25, 0.3) is 0 Å². The van der Waals surface area contributed by atoms with Gasteiger partial charge in [0.05, 0.1) is 8.35 Å². The first kappa shape index (κ1) is 3.26. The summed E-state index contributed by atoms with van der Waals surface area (Å²) in [5, 5.41) is 1.97. The molecule has 0 amide bonds. The molecular weight excluding hydrogens is 101 g/mol. The van der Waals surface area contributed by atoms with Crippen molar-refractivity contribution in [2.45, 2.75) is 0 Å². The summed E-state index contributed by atoms with van der Waals surface area (Å²) in [5.74, 6) is 2.00. The minimum atomic E-state index is 1.10. The van der Waals surface area contributed by atoms with Crippen LogP contribution >= 0.6 is 19.9 Å². The van der Waals surface area contributed by atoms with E-state index in [-0.39, 0.29) is 0 Å². The Hall–Kier alpha value is 0.0600. The lowest BCUT2D eigenvalue weighted by atomic mass is 11.2. The molecule has 0 saturated heterocycles. The van der Waals surface area contributed by atoms with Gasteiger partial charge in [-0.1, -0.05) is 0 Å². The topological polar surface area (TPSA) is 12.9 Å². The van der Waals surface area contributed by atoms with Crippen molar-refractivity contribution in [1.29, 1.82) is 0 Å². The molecular formula is C2H2NPS. The maximum Gasteiger partial charge on any atom is 0.0529 e. The first-order valence-electron chi connectivity index (χ1n) is 1.21. The van der Waals surface area contributed by atoms with E-state index in [4.69, 9.17) is 0 Å². The average Bonchev–Trinajstić information content (AvgIpc) is 1.76. The van der Waals surface area contributed by atoms with E-state index in [0.29, 0.717) is 0 Å². The second kappa shape index (κ2) is 1.48. The summed E-state index contributed by atoms with van der Waals surface area (Å²) in [4.78, 5) is 0. The molecule has 1 rings (SSSR count). The van der Waals surface area contributed by atoms with Crippen LogP contribution in [-0.4, -0.2) is 4.14 Å². The van der Waals surface area contributed by atoms with Crippen molar-refractivity contribution in [3.05, 3.63) is 11.2 Å². The molecule has 1 nitrogen and oxygen atoms in total. The van der Waals surface area contributed by atoms with Crippen LogP contribution in [0.4, 0.5) is 0 Å². The molecule has 0 bridgehead atoms. The molecule has 0 aromatic carbocycles. The van der Waals surface area contributed by atoms with E-state index >= 15 is 0 Å². The van der Waals surface area contributed by atoms with Gasteiger partial charge in [-0.25, -0.2) is 0 Å². The Kier molecular flexibility index (Phi) is 0.967. The van der Waals surface area contributed by atoms with Gasteiger partial charge in [-0.2, -0.15) is 4.14 Å². The Bertz CT molecular complexity index is 66.1. The third kappa shape index (κ3) is 0.673. The van der Waals surface area contributed by atoms with Crippen molar-refractivity contribution in [2.24, 2.45) is 0 Å². The molecule has 1 aromatic heterocycles. The molecule has 1 aromatic rings. The van der Waals surface area contributed by atoms with E-state index in [1.807, 2.05) is 11.2 Å². The average molecular weight is 103 g/mol. The Morgan fingerprint density at radius 3 is 3.00 bits per heavy atom. The monoisotopic (exact) mass is 103 g/mol. The highest BCUT2D eigenvalue weighted by atomic mass is 32.1. The second-order valence-corrected chi connectivity index (χ2v) is 2.25. The quantitative estimate of drug-likeness (QED) is 0.487. The minimum absolute atomic E-state index is 1.10. The summed E-state index contributed by atoms with van der Waals surface area (Å²) in [6.07, 6.45) is 0.